The molecule has 1 rings (SSSR count). The van der Waals surface area contributed by atoms with Gasteiger partial charge in [0.1, 0.15) is 6.10 Å². The first-order chi connectivity index (χ1) is 7.79. The quantitative estimate of drug-likeness (QED) is 0.539. The van der Waals surface area contributed by atoms with Crippen LogP contribution in [0.3, 0.4) is 0 Å². The maximum Gasteiger partial charge on any atom is 0.166 e. The van der Waals surface area contributed by atoms with Gasteiger partial charge in [-0.2, -0.15) is 0 Å². The number of Topliss-reactive ketones (excluding diaryl/α,β-unsaturated/α-hetero) is 1. The number of ether oxygens (including phenoxy) is 4. The summed E-state index contributed by atoms with van der Waals surface area (Å²) < 4.78 is 20.8. The molecule has 0 spiro atoms. The average Bonchev–Trinajstić information content (AvgIpc) is 2.29. The second-order valence-corrected chi connectivity index (χ2v) is 3.56. The van der Waals surface area contributed by atoms with Gasteiger partial charge in [-0.15, -0.1) is 0 Å². The van der Waals surface area contributed by atoms with E-state index in [1.165, 1.54) is 0 Å². The normalized spacial score (nSPS) is 24.5. The molecule has 1 aliphatic rings. The van der Waals surface area contributed by atoms with Gasteiger partial charge in [-0.25, -0.2) is 0 Å². The molecular formula is C11H20O5. The lowest BCUT2D eigenvalue weighted by Gasteiger charge is -2.34. The molecule has 0 saturated heterocycles. The summed E-state index contributed by atoms with van der Waals surface area (Å²) in [5.74, 6) is 0.132. The fourth-order valence-electron chi connectivity index (χ4n) is 1.50. The number of carbonyl (C=O) groups excluding carboxylic acids is 1. The van der Waals surface area contributed by atoms with E-state index in [1.807, 2.05) is 6.92 Å². The third kappa shape index (κ3) is 4.17. The molecule has 2 unspecified atom stereocenters. The summed E-state index contributed by atoms with van der Waals surface area (Å²) >= 11 is 0. The number of carbonyl (C=O) groups is 1. The first kappa shape index (κ1) is 13.6. The van der Waals surface area contributed by atoms with Crippen LogP contribution in [0, 0.1) is 0 Å². The molecule has 0 heterocycles. The van der Waals surface area contributed by atoms with E-state index in [0.717, 1.165) is 0 Å². The third-order valence-corrected chi connectivity index (χ3v) is 2.39. The van der Waals surface area contributed by atoms with Crippen LogP contribution in [0.4, 0.5) is 0 Å². The smallest absolute Gasteiger partial charge is 0.166 e. The van der Waals surface area contributed by atoms with Gasteiger partial charge < -0.3 is 18.9 Å². The molecule has 0 amide bonds. The molecule has 1 aliphatic carbocycles. The highest BCUT2D eigenvalue weighted by molar-refractivity contribution is 5.90. The molecule has 0 aromatic rings. The van der Waals surface area contributed by atoms with Crippen LogP contribution < -0.4 is 0 Å². The Morgan fingerprint density at radius 1 is 1.19 bits per heavy atom. The molecule has 16 heavy (non-hydrogen) atoms. The molecule has 5 heteroatoms. The summed E-state index contributed by atoms with van der Waals surface area (Å²) in [6, 6.07) is 0. The van der Waals surface area contributed by atoms with Crippen molar-refractivity contribution in [2.45, 2.75) is 25.6 Å². The van der Waals surface area contributed by atoms with Crippen LogP contribution in [-0.4, -0.2) is 58.1 Å². The van der Waals surface area contributed by atoms with Crippen LogP contribution in [-0.2, 0) is 23.7 Å². The van der Waals surface area contributed by atoms with Gasteiger partial charge in [-0.3, -0.25) is 4.79 Å². The monoisotopic (exact) mass is 232 g/mol. The highest BCUT2D eigenvalue weighted by Gasteiger charge is 2.41. The topological polar surface area (TPSA) is 54.0 Å². The standard InChI is InChI=1S/C11H20O5/c1-3-15-11-9(12)8-10(11)16-7-6-14-5-4-13-2/h10-11H,3-8H2,1-2H3. The van der Waals surface area contributed by atoms with Gasteiger partial charge in [0.15, 0.2) is 5.78 Å². The highest BCUT2D eigenvalue weighted by atomic mass is 16.6. The van der Waals surface area contributed by atoms with Crippen molar-refractivity contribution in [3.8, 4) is 0 Å². The van der Waals surface area contributed by atoms with Gasteiger partial charge in [0.05, 0.1) is 32.5 Å². The lowest BCUT2D eigenvalue weighted by atomic mass is 9.90. The van der Waals surface area contributed by atoms with Gasteiger partial charge in [-0.05, 0) is 6.92 Å². The first-order valence-electron chi connectivity index (χ1n) is 5.62. The molecule has 1 saturated carbocycles. The predicted molar refractivity (Wildman–Crippen MR) is 57.5 cm³/mol. The van der Waals surface area contributed by atoms with E-state index in [9.17, 15) is 4.79 Å². The summed E-state index contributed by atoms with van der Waals surface area (Å²) in [6.45, 7) is 4.58. The van der Waals surface area contributed by atoms with Crippen molar-refractivity contribution in [2.24, 2.45) is 0 Å². The number of hydrogen-bond donors (Lipinski definition) is 0. The third-order valence-electron chi connectivity index (χ3n) is 2.39. The molecule has 0 aliphatic heterocycles. The molecule has 0 radical (unpaired) electrons. The average molecular weight is 232 g/mol. The molecule has 0 aromatic carbocycles. The largest absolute Gasteiger partial charge is 0.382 e. The summed E-state index contributed by atoms with van der Waals surface area (Å²) in [4.78, 5) is 11.2. The second-order valence-electron chi connectivity index (χ2n) is 3.56. The highest BCUT2D eigenvalue weighted by Crippen LogP contribution is 2.22. The van der Waals surface area contributed by atoms with Crippen LogP contribution in [0.15, 0.2) is 0 Å². The van der Waals surface area contributed by atoms with Crippen LogP contribution in [0.2, 0.25) is 0 Å². The van der Waals surface area contributed by atoms with Crippen LogP contribution in [0.5, 0.6) is 0 Å². The summed E-state index contributed by atoms with van der Waals surface area (Å²) in [5.41, 5.74) is 0. The molecular weight excluding hydrogens is 212 g/mol. The van der Waals surface area contributed by atoms with E-state index in [4.69, 9.17) is 18.9 Å². The van der Waals surface area contributed by atoms with E-state index in [2.05, 4.69) is 0 Å². The zero-order chi connectivity index (χ0) is 11.8. The Bertz CT molecular complexity index is 207. The minimum absolute atomic E-state index is 0.0847. The Labute approximate surface area is 96.0 Å². The van der Waals surface area contributed by atoms with E-state index in [1.54, 1.807) is 7.11 Å². The van der Waals surface area contributed by atoms with E-state index >= 15 is 0 Å². The number of methoxy groups -OCH3 is 1. The Morgan fingerprint density at radius 2 is 1.94 bits per heavy atom. The van der Waals surface area contributed by atoms with Crippen LogP contribution in [0.1, 0.15) is 13.3 Å². The fourth-order valence-corrected chi connectivity index (χ4v) is 1.50. The predicted octanol–water partition coefficient (Wildman–Crippen LogP) is 0.413. The van der Waals surface area contributed by atoms with Gasteiger partial charge in [0.25, 0.3) is 0 Å². The Balaban J connectivity index is 1.99. The molecule has 94 valence electrons. The van der Waals surface area contributed by atoms with Crippen molar-refractivity contribution >= 4 is 5.78 Å². The fraction of sp³-hybridized carbons (Fsp3) is 0.909. The Morgan fingerprint density at radius 3 is 2.56 bits per heavy atom. The summed E-state index contributed by atoms with van der Waals surface area (Å²) in [6.07, 6.45) is 0.0189. The lowest BCUT2D eigenvalue weighted by Crippen LogP contribution is -2.50. The molecule has 2 atom stereocenters. The number of ketones is 1. The Hall–Kier alpha value is -0.490. The number of hydrogen-bond acceptors (Lipinski definition) is 5. The Kier molecular flexibility index (Phi) is 6.56. The van der Waals surface area contributed by atoms with E-state index in [-0.39, 0.29) is 18.0 Å². The van der Waals surface area contributed by atoms with E-state index in [0.29, 0.717) is 39.5 Å². The molecule has 1 fully saturated rings. The second kappa shape index (κ2) is 7.73. The van der Waals surface area contributed by atoms with Crippen molar-refractivity contribution in [3.63, 3.8) is 0 Å². The van der Waals surface area contributed by atoms with Crippen LogP contribution >= 0.6 is 0 Å². The lowest BCUT2D eigenvalue weighted by molar-refractivity contribution is -0.167. The van der Waals surface area contributed by atoms with Crippen molar-refractivity contribution in [1.29, 1.82) is 0 Å². The van der Waals surface area contributed by atoms with Crippen molar-refractivity contribution in [2.75, 3.05) is 40.1 Å². The van der Waals surface area contributed by atoms with E-state index < -0.39 is 0 Å². The van der Waals surface area contributed by atoms with Crippen molar-refractivity contribution < 1.29 is 23.7 Å². The van der Waals surface area contributed by atoms with Crippen molar-refractivity contribution in [1.82, 2.24) is 0 Å². The number of rotatable bonds is 9. The molecule has 0 bridgehead atoms. The molecule has 0 aromatic heterocycles. The first-order valence-corrected chi connectivity index (χ1v) is 5.62. The van der Waals surface area contributed by atoms with Gasteiger partial charge in [0.2, 0.25) is 0 Å². The SMILES string of the molecule is CCOC1C(=O)CC1OCCOCCOC. The van der Waals surface area contributed by atoms with Crippen LogP contribution in [0.25, 0.3) is 0 Å². The zero-order valence-corrected chi connectivity index (χ0v) is 9.94. The zero-order valence-electron chi connectivity index (χ0n) is 9.94. The summed E-state index contributed by atoms with van der Waals surface area (Å²) in [7, 11) is 1.63. The maximum atomic E-state index is 11.2. The van der Waals surface area contributed by atoms with Crippen molar-refractivity contribution in [3.05, 3.63) is 0 Å². The molecule has 5 nitrogen and oxygen atoms in total. The molecule has 0 N–H and O–H groups in total. The van der Waals surface area contributed by atoms with Gasteiger partial charge in [-0.1, -0.05) is 0 Å². The minimum atomic E-state index is -0.357. The maximum absolute atomic E-state index is 11.2. The minimum Gasteiger partial charge on any atom is -0.382 e. The van der Waals surface area contributed by atoms with Gasteiger partial charge in [0, 0.05) is 20.1 Å². The summed E-state index contributed by atoms with van der Waals surface area (Å²) in [5, 5.41) is 0. The van der Waals surface area contributed by atoms with Gasteiger partial charge >= 0.3 is 0 Å².